The summed E-state index contributed by atoms with van der Waals surface area (Å²) in [6, 6.07) is 11.2. The van der Waals surface area contributed by atoms with Crippen molar-refractivity contribution >= 4 is 16.1 Å². The highest BCUT2D eigenvalue weighted by Crippen LogP contribution is 2.29. The third-order valence-corrected chi connectivity index (χ3v) is 3.87. The molecule has 7 heteroatoms. The van der Waals surface area contributed by atoms with Gasteiger partial charge in [-0.3, -0.25) is 0 Å². The van der Waals surface area contributed by atoms with Gasteiger partial charge in [0.1, 0.15) is 4.90 Å². The molecule has 0 aromatic heterocycles. The molecule has 0 amide bonds. The number of benzene rings is 2. The number of methoxy groups -OCH3 is 1. The van der Waals surface area contributed by atoms with Gasteiger partial charge in [-0.15, -0.1) is 0 Å². The summed E-state index contributed by atoms with van der Waals surface area (Å²) in [5.41, 5.74) is -0.139. The number of carboxylic acids is 1. The molecule has 0 saturated heterocycles. The SMILES string of the molecule is COc1ccccc1OS(=O)(=O)c1cccc(C(=O)O)c1. The monoisotopic (exact) mass is 308 g/mol. The Morgan fingerprint density at radius 3 is 2.33 bits per heavy atom. The number of carboxylic acid groups (broad SMARTS) is 1. The van der Waals surface area contributed by atoms with E-state index < -0.39 is 16.1 Å². The normalized spacial score (nSPS) is 10.9. The van der Waals surface area contributed by atoms with Crippen molar-refractivity contribution in [2.45, 2.75) is 4.90 Å². The van der Waals surface area contributed by atoms with E-state index >= 15 is 0 Å². The second kappa shape index (κ2) is 5.84. The van der Waals surface area contributed by atoms with E-state index in [4.69, 9.17) is 14.0 Å². The number of rotatable bonds is 5. The molecular formula is C14H12O6S. The van der Waals surface area contributed by atoms with Gasteiger partial charge in [-0.05, 0) is 30.3 Å². The van der Waals surface area contributed by atoms with Gasteiger partial charge in [0.25, 0.3) is 0 Å². The van der Waals surface area contributed by atoms with E-state index in [0.717, 1.165) is 6.07 Å². The van der Waals surface area contributed by atoms with E-state index in [0.29, 0.717) is 0 Å². The predicted molar refractivity (Wildman–Crippen MR) is 74.2 cm³/mol. The van der Waals surface area contributed by atoms with Crippen LogP contribution in [0.3, 0.4) is 0 Å². The van der Waals surface area contributed by atoms with Crippen molar-refractivity contribution in [1.82, 2.24) is 0 Å². The summed E-state index contributed by atoms with van der Waals surface area (Å²) < 4.78 is 34.4. The van der Waals surface area contributed by atoms with Crippen LogP contribution in [0.25, 0.3) is 0 Å². The molecule has 0 unspecified atom stereocenters. The molecule has 110 valence electrons. The van der Waals surface area contributed by atoms with Crippen molar-refractivity contribution in [3.63, 3.8) is 0 Å². The molecule has 21 heavy (non-hydrogen) atoms. The molecule has 0 aliphatic carbocycles. The van der Waals surface area contributed by atoms with Crippen molar-refractivity contribution in [2.24, 2.45) is 0 Å². The summed E-state index contributed by atoms with van der Waals surface area (Å²) in [4.78, 5) is 10.6. The van der Waals surface area contributed by atoms with Crippen molar-refractivity contribution in [3.8, 4) is 11.5 Å². The molecule has 0 fully saturated rings. The molecule has 2 aromatic carbocycles. The van der Waals surface area contributed by atoms with Gasteiger partial charge in [-0.2, -0.15) is 8.42 Å². The maximum atomic E-state index is 12.2. The van der Waals surface area contributed by atoms with E-state index in [-0.39, 0.29) is 22.0 Å². The van der Waals surface area contributed by atoms with Crippen LogP contribution in [-0.4, -0.2) is 26.6 Å². The first kappa shape index (κ1) is 14.9. The van der Waals surface area contributed by atoms with Gasteiger partial charge in [0, 0.05) is 0 Å². The topological polar surface area (TPSA) is 89.9 Å². The summed E-state index contributed by atoms with van der Waals surface area (Å²) in [5.74, 6) is -0.930. The van der Waals surface area contributed by atoms with Crippen LogP contribution in [0.2, 0.25) is 0 Å². The summed E-state index contributed by atoms with van der Waals surface area (Å²) in [5, 5.41) is 8.89. The van der Waals surface area contributed by atoms with Crippen LogP contribution in [0, 0.1) is 0 Å². The zero-order valence-corrected chi connectivity index (χ0v) is 11.8. The molecule has 2 aromatic rings. The van der Waals surface area contributed by atoms with Crippen LogP contribution in [0.15, 0.2) is 53.4 Å². The second-order valence-electron chi connectivity index (χ2n) is 4.02. The number of aromatic carboxylic acids is 1. The number of hydrogen-bond acceptors (Lipinski definition) is 5. The van der Waals surface area contributed by atoms with Gasteiger partial charge >= 0.3 is 16.1 Å². The molecule has 0 spiro atoms. The van der Waals surface area contributed by atoms with Gasteiger partial charge in [0.05, 0.1) is 12.7 Å². The van der Waals surface area contributed by atoms with Gasteiger partial charge in [0.2, 0.25) is 0 Å². The minimum atomic E-state index is -4.15. The highest BCUT2D eigenvalue weighted by molar-refractivity contribution is 7.87. The lowest BCUT2D eigenvalue weighted by Gasteiger charge is -2.10. The Balaban J connectivity index is 2.39. The van der Waals surface area contributed by atoms with E-state index in [2.05, 4.69) is 0 Å². The molecule has 6 nitrogen and oxygen atoms in total. The van der Waals surface area contributed by atoms with Gasteiger partial charge in [0.15, 0.2) is 11.5 Å². The Morgan fingerprint density at radius 2 is 1.71 bits per heavy atom. The molecule has 0 aliphatic heterocycles. The number of ether oxygens (including phenoxy) is 1. The van der Waals surface area contributed by atoms with Crippen LogP contribution in [0.5, 0.6) is 11.5 Å². The first-order valence-electron chi connectivity index (χ1n) is 5.85. The van der Waals surface area contributed by atoms with Gasteiger partial charge < -0.3 is 14.0 Å². The summed E-state index contributed by atoms with van der Waals surface area (Å²) in [6.45, 7) is 0. The highest BCUT2D eigenvalue weighted by atomic mass is 32.2. The average Bonchev–Trinajstić information content (AvgIpc) is 2.47. The molecule has 0 atom stereocenters. The van der Waals surface area contributed by atoms with Gasteiger partial charge in [-0.25, -0.2) is 4.79 Å². The fourth-order valence-electron chi connectivity index (χ4n) is 1.64. The highest BCUT2D eigenvalue weighted by Gasteiger charge is 2.20. The lowest BCUT2D eigenvalue weighted by molar-refractivity contribution is 0.0696. The lowest BCUT2D eigenvalue weighted by Crippen LogP contribution is -2.11. The number of hydrogen-bond donors (Lipinski definition) is 1. The summed E-state index contributed by atoms with van der Waals surface area (Å²) in [7, 11) is -2.76. The Bertz CT molecular complexity index is 767. The number of para-hydroxylation sites is 2. The van der Waals surface area contributed by atoms with Crippen LogP contribution in [0.4, 0.5) is 0 Å². The number of carbonyl (C=O) groups is 1. The minimum absolute atomic E-state index is 0.0285. The zero-order valence-electron chi connectivity index (χ0n) is 11.0. The zero-order chi connectivity index (χ0) is 15.5. The fraction of sp³-hybridized carbons (Fsp3) is 0.0714. The Hall–Kier alpha value is -2.54. The lowest BCUT2D eigenvalue weighted by atomic mass is 10.2. The second-order valence-corrected chi connectivity index (χ2v) is 5.57. The first-order chi connectivity index (χ1) is 9.94. The van der Waals surface area contributed by atoms with Crippen LogP contribution >= 0.6 is 0 Å². The van der Waals surface area contributed by atoms with E-state index in [1.807, 2.05) is 0 Å². The molecule has 0 saturated carbocycles. The maximum Gasteiger partial charge on any atom is 0.339 e. The van der Waals surface area contributed by atoms with Crippen molar-refractivity contribution in [3.05, 3.63) is 54.1 Å². The van der Waals surface area contributed by atoms with E-state index in [1.165, 1.54) is 31.4 Å². The largest absolute Gasteiger partial charge is 0.493 e. The molecule has 0 aliphatic rings. The van der Waals surface area contributed by atoms with Crippen LogP contribution in [0.1, 0.15) is 10.4 Å². The summed E-state index contributed by atoms with van der Waals surface area (Å²) >= 11 is 0. The Labute approximate surface area is 121 Å². The van der Waals surface area contributed by atoms with Crippen molar-refractivity contribution < 1.29 is 27.2 Å². The van der Waals surface area contributed by atoms with Crippen LogP contribution < -0.4 is 8.92 Å². The Morgan fingerprint density at radius 1 is 1.05 bits per heavy atom. The maximum absolute atomic E-state index is 12.2. The fourth-order valence-corrected chi connectivity index (χ4v) is 2.63. The van der Waals surface area contributed by atoms with Crippen LogP contribution in [-0.2, 0) is 10.1 Å². The molecule has 0 radical (unpaired) electrons. The third kappa shape index (κ3) is 3.32. The molecule has 2 rings (SSSR count). The first-order valence-corrected chi connectivity index (χ1v) is 7.26. The predicted octanol–water partition coefficient (Wildman–Crippen LogP) is 2.16. The molecular weight excluding hydrogens is 296 g/mol. The van der Waals surface area contributed by atoms with E-state index in [1.54, 1.807) is 18.2 Å². The third-order valence-electron chi connectivity index (χ3n) is 2.64. The van der Waals surface area contributed by atoms with Crippen molar-refractivity contribution in [2.75, 3.05) is 7.11 Å². The smallest absolute Gasteiger partial charge is 0.339 e. The molecule has 0 bridgehead atoms. The molecule has 1 N–H and O–H groups in total. The van der Waals surface area contributed by atoms with Crippen molar-refractivity contribution in [1.29, 1.82) is 0 Å². The summed E-state index contributed by atoms with van der Waals surface area (Å²) in [6.07, 6.45) is 0. The quantitative estimate of drug-likeness (QED) is 0.851. The Kier molecular flexibility index (Phi) is 4.13. The average molecular weight is 308 g/mol. The van der Waals surface area contributed by atoms with E-state index in [9.17, 15) is 13.2 Å². The standard InChI is InChI=1S/C14H12O6S/c1-19-12-7-2-3-8-13(12)20-21(17,18)11-6-4-5-10(9-11)14(15)16/h2-9H,1H3,(H,15,16). The molecule has 0 heterocycles. The minimum Gasteiger partial charge on any atom is -0.493 e. The van der Waals surface area contributed by atoms with Gasteiger partial charge in [-0.1, -0.05) is 18.2 Å².